The highest BCUT2D eigenvalue weighted by atomic mass is 127. The second-order valence-corrected chi connectivity index (χ2v) is 9.95. The smallest absolute Gasteiger partial charge is 0.191 e. The van der Waals surface area contributed by atoms with Crippen LogP contribution in [0.3, 0.4) is 0 Å². The largest absolute Gasteiger partial charge is 0.357 e. The Labute approximate surface area is 185 Å². The molecule has 0 bridgehead atoms. The Balaban J connectivity index is 0.00000364. The lowest BCUT2D eigenvalue weighted by atomic mass is 9.95. The lowest BCUT2D eigenvalue weighted by Crippen LogP contribution is -2.45. The van der Waals surface area contributed by atoms with Gasteiger partial charge >= 0.3 is 0 Å². The van der Waals surface area contributed by atoms with Crippen LogP contribution in [0.15, 0.2) is 34.2 Å². The van der Waals surface area contributed by atoms with Crippen molar-refractivity contribution in [3.8, 4) is 0 Å². The van der Waals surface area contributed by atoms with Crippen molar-refractivity contribution >= 4 is 51.5 Å². The minimum Gasteiger partial charge on any atom is -0.357 e. The molecule has 5 nitrogen and oxygen atoms in total. The van der Waals surface area contributed by atoms with Crippen LogP contribution in [0.5, 0.6) is 0 Å². The number of thioether (sulfide) groups is 1. The molecule has 0 aliphatic heterocycles. The van der Waals surface area contributed by atoms with E-state index in [0.717, 1.165) is 29.7 Å². The maximum Gasteiger partial charge on any atom is 0.191 e. The zero-order valence-electron chi connectivity index (χ0n) is 16.4. The first-order valence-corrected chi connectivity index (χ1v) is 12.5. The van der Waals surface area contributed by atoms with Gasteiger partial charge in [0.15, 0.2) is 15.8 Å². The van der Waals surface area contributed by atoms with Gasteiger partial charge in [-0.2, -0.15) is 11.8 Å². The summed E-state index contributed by atoms with van der Waals surface area (Å²) < 4.78 is 23.0. The van der Waals surface area contributed by atoms with Crippen LogP contribution in [0.1, 0.15) is 38.2 Å². The maximum atomic E-state index is 11.5. The van der Waals surface area contributed by atoms with Gasteiger partial charge in [0.05, 0.1) is 4.90 Å². The summed E-state index contributed by atoms with van der Waals surface area (Å²) in [6.45, 7) is 3.59. The molecule has 154 valence electrons. The number of rotatable bonds is 7. The molecule has 0 radical (unpaired) electrons. The number of benzene rings is 1. The number of hydrogen-bond donors (Lipinski definition) is 2. The van der Waals surface area contributed by atoms with E-state index in [-0.39, 0.29) is 24.0 Å². The number of halogens is 1. The van der Waals surface area contributed by atoms with E-state index in [4.69, 9.17) is 4.99 Å². The first-order chi connectivity index (χ1) is 12.4. The van der Waals surface area contributed by atoms with Crippen LogP contribution >= 0.6 is 35.7 Å². The Bertz CT molecular complexity index is 693. The normalized spacial score (nSPS) is 20.6. The van der Waals surface area contributed by atoms with Crippen LogP contribution < -0.4 is 10.6 Å². The molecule has 0 aromatic heterocycles. The zero-order chi connectivity index (χ0) is 19.0. The van der Waals surface area contributed by atoms with E-state index in [9.17, 15) is 8.42 Å². The van der Waals surface area contributed by atoms with Crippen molar-refractivity contribution in [3.05, 3.63) is 29.8 Å². The van der Waals surface area contributed by atoms with Crippen molar-refractivity contribution < 1.29 is 8.42 Å². The van der Waals surface area contributed by atoms with E-state index in [2.05, 4.69) is 23.8 Å². The first kappa shape index (κ1) is 24.6. The fraction of sp³-hybridized carbons (Fsp3) is 0.632. The topological polar surface area (TPSA) is 70.6 Å². The monoisotopic (exact) mass is 525 g/mol. The van der Waals surface area contributed by atoms with Crippen LogP contribution in [0.4, 0.5) is 0 Å². The Morgan fingerprint density at radius 1 is 1.26 bits per heavy atom. The average molecular weight is 526 g/mol. The van der Waals surface area contributed by atoms with Crippen molar-refractivity contribution in [1.82, 2.24) is 10.6 Å². The highest BCUT2D eigenvalue weighted by Gasteiger charge is 2.21. The number of nitrogens with zero attached hydrogens (tertiary/aromatic N) is 1. The van der Waals surface area contributed by atoms with E-state index in [1.165, 1.54) is 31.9 Å². The van der Waals surface area contributed by atoms with Crippen molar-refractivity contribution in [1.29, 1.82) is 0 Å². The van der Waals surface area contributed by atoms with Crippen molar-refractivity contribution in [2.24, 2.45) is 4.99 Å². The third kappa shape index (κ3) is 8.60. The lowest BCUT2D eigenvalue weighted by molar-refractivity contribution is 0.419. The molecule has 0 spiro atoms. The van der Waals surface area contributed by atoms with E-state index in [0.29, 0.717) is 17.5 Å². The summed E-state index contributed by atoms with van der Waals surface area (Å²) in [5, 5.41) is 7.66. The highest BCUT2D eigenvalue weighted by molar-refractivity contribution is 14.0. The maximum absolute atomic E-state index is 11.5. The summed E-state index contributed by atoms with van der Waals surface area (Å²) in [7, 11) is -3.13. The molecule has 27 heavy (non-hydrogen) atoms. The highest BCUT2D eigenvalue weighted by Crippen LogP contribution is 2.26. The molecule has 0 heterocycles. The molecule has 2 unspecified atom stereocenters. The van der Waals surface area contributed by atoms with Crippen molar-refractivity contribution in [2.45, 2.75) is 55.2 Å². The third-order valence-electron chi connectivity index (χ3n) is 4.67. The van der Waals surface area contributed by atoms with E-state index in [1.807, 2.05) is 23.9 Å². The van der Waals surface area contributed by atoms with Gasteiger partial charge in [0, 0.05) is 30.6 Å². The molecule has 1 aromatic rings. The Kier molecular flexibility index (Phi) is 11.1. The SMILES string of the molecule is CCNC(=NCCc1ccc(S(C)(=O)=O)cc1)NC1CCCC(SC)C1.I. The molecule has 1 aliphatic carbocycles. The van der Waals surface area contributed by atoms with Gasteiger partial charge in [-0.05, 0) is 56.6 Å². The van der Waals surface area contributed by atoms with Crippen LogP contribution in [-0.4, -0.2) is 51.3 Å². The zero-order valence-corrected chi connectivity index (χ0v) is 20.4. The minimum atomic E-state index is -3.13. The van der Waals surface area contributed by atoms with Crippen molar-refractivity contribution in [3.63, 3.8) is 0 Å². The molecular weight excluding hydrogens is 493 g/mol. The Hall–Kier alpha value is -0.480. The molecule has 1 saturated carbocycles. The fourth-order valence-electron chi connectivity index (χ4n) is 3.20. The summed E-state index contributed by atoms with van der Waals surface area (Å²) >= 11 is 1.96. The first-order valence-electron chi connectivity index (χ1n) is 9.29. The minimum absolute atomic E-state index is 0. The van der Waals surface area contributed by atoms with Gasteiger partial charge in [-0.25, -0.2) is 8.42 Å². The fourth-order valence-corrected chi connectivity index (χ4v) is 4.66. The molecule has 8 heteroatoms. The predicted molar refractivity (Wildman–Crippen MR) is 127 cm³/mol. The quantitative estimate of drug-likeness (QED) is 0.324. The standard InChI is InChI=1S/C19H31N3O2S2.HI/c1-4-20-19(22-16-6-5-7-17(14-16)25-2)21-13-12-15-8-10-18(11-9-15)26(3,23)24;/h8-11,16-17H,4-7,12-14H2,1-3H3,(H2,20,21,22);1H. The average Bonchev–Trinajstić information content (AvgIpc) is 2.62. The summed E-state index contributed by atoms with van der Waals surface area (Å²) in [6.07, 6.45) is 9.20. The van der Waals surface area contributed by atoms with Crippen LogP contribution in [-0.2, 0) is 16.3 Å². The van der Waals surface area contributed by atoms with Gasteiger partial charge in [0.25, 0.3) is 0 Å². The van der Waals surface area contributed by atoms with E-state index >= 15 is 0 Å². The van der Waals surface area contributed by atoms with Gasteiger partial charge in [0.1, 0.15) is 0 Å². The number of hydrogen-bond acceptors (Lipinski definition) is 4. The molecule has 2 atom stereocenters. The molecule has 1 aromatic carbocycles. The summed E-state index contributed by atoms with van der Waals surface area (Å²) in [6, 6.07) is 7.57. The molecule has 0 saturated heterocycles. The van der Waals surface area contributed by atoms with Crippen LogP contribution in [0.2, 0.25) is 0 Å². The number of guanidine groups is 1. The lowest BCUT2D eigenvalue weighted by Gasteiger charge is -2.29. The molecular formula is C19H32IN3O2S2. The second-order valence-electron chi connectivity index (χ2n) is 6.79. The summed E-state index contributed by atoms with van der Waals surface area (Å²) in [5.74, 6) is 0.881. The Morgan fingerprint density at radius 3 is 2.56 bits per heavy atom. The number of sulfone groups is 1. The predicted octanol–water partition coefficient (Wildman–Crippen LogP) is 3.48. The molecule has 1 aliphatic rings. The van der Waals surface area contributed by atoms with Gasteiger partial charge in [-0.3, -0.25) is 4.99 Å². The Morgan fingerprint density at radius 2 is 1.96 bits per heavy atom. The van der Waals surface area contributed by atoms with Crippen LogP contribution in [0, 0.1) is 0 Å². The summed E-state index contributed by atoms with van der Waals surface area (Å²) in [5.41, 5.74) is 1.09. The third-order valence-corrected chi connectivity index (χ3v) is 6.89. The van der Waals surface area contributed by atoms with E-state index in [1.54, 1.807) is 12.1 Å². The molecule has 2 rings (SSSR count). The summed E-state index contributed by atoms with van der Waals surface area (Å²) in [4.78, 5) is 5.06. The molecule has 0 amide bonds. The van der Waals surface area contributed by atoms with Gasteiger partial charge in [-0.1, -0.05) is 18.6 Å². The van der Waals surface area contributed by atoms with Gasteiger partial charge in [0.2, 0.25) is 0 Å². The van der Waals surface area contributed by atoms with E-state index < -0.39 is 9.84 Å². The second kappa shape index (κ2) is 12.2. The van der Waals surface area contributed by atoms with Gasteiger partial charge < -0.3 is 10.6 Å². The van der Waals surface area contributed by atoms with Gasteiger partial charge in [-0.15, -0.1) is 24.0 Å². The number of aliphatic imine (C=N–C) groups is 1. The molecule has 2 N–H and O–H groups in total. The molecule has 1 fully saturated rings. The number of nitrogens with one attached hydrogen (secondary N) is 2. The van der Waals surface area contributed by atoms with Crippen LogP contribution in [0.25, 0.3) is 0 Å². The van der Waals surface area contributed by atoms with Crippen molar-refractivity contribution in [2.75, 3.05) is 25.6 Å².